The molecule has 2 aliphatic heterocycles. The van der Waals surface area contributed by atoms with Crippen LogP contribution in [0, 0.1) is 5.92 Å². The molecule has 0 bridgehead atoms. The van der Waals surface area contributed by atoms with Crippen molar-refractivity contribution in [2.75, 3.05) is 39.4 Å². The van der Waals surface area contributed by atoms with Crippen LogP contribution in [0.5, 0.6) is 0 Å². The molecule has 1 amide bonds. The Hall–Kier alpha value is -1.92. The van der Waals surface area contributed by atoms with Crippen LogP contribution >= 0.6 is 0 Å². The molecule has 6 heteroatoms. The number of carbonyl (C=O) groups excluding carboxylic acids is 1. The molecule has 0 radical (unpaired) electrons. The zero-order chi connectivity index (χ0) is 16.2. The molecule has 0 spiro atoms. The van der Waals surface area contributed by atoms with E-state index in [0.29, 0.717) is 19.8 Å². The van der Waals surface area contributed by atoms with Gasteiger partial charge in [-0.1, -0.05) is 30.3 Å². The molecule has 2 atom stereocenters. The Morgan fingerprint density at radius 2 is 1.87 bits per heavy atom. The highest BCUT2D eigenvalue weighted by molar-refractivity contribution is 5.87. The van der Waals surface area contributed by atoms with Crippen LogP contribution in [0.3, 0.4) is 0 Å². The van der Waals surface area contributed by atoms with Gasteiger partial charge in [-0.2, -0.15) is 0 Å². The number of amides is 1. The van der Waals surface area contributed by atoms with E-state index >= 15 is 0 Å². The highest BCUT2D eigenvalue weighted by atomic mass is 16.5. The Labute approximate surface area is 135 Å². The zero-order valence-electron chi connectivity index (χ0n) is 13.1. The fourth-order valence-electron chi connectivity index (χ4n) is 3.41. The predicted octanol–water partition coefficient (Wildman–Crippen LogP) is 0.993. The van der Waals surface area contributed by atoms with Crippen LogP contribution in [0.15, 0.2) is 30.3 Å². The average Bonchev–Trinajstić information content (AvgIpc) is 2.91. The molecule has 0 aromatic heterocycles. The first-order valence-electron chi connectivity index (χ1n) is 8.04. The highest BCUT2D eigenvalue weighted by Crippen LogP contribution is 2.38. The van der Waals surface area contributed by atoms with E-state index in [4.69, 9.17) is 4.74 Å². The van der Waals surface area contributed by atoms with E-state index in [9.17, 15) is 14.7 Å². The van der Waals surface area contributed by atoms with Crippen molar-refractivity contribution in [3.05, 3.63) is 35.9 Å². The lowest BCUT2D eigenvalue weighted by atomic mass is 9.94. The summed E-state index contributed by atoms with van der Waals surface area (Å²) in [6.07, 6.45) is 0.0814. The lowest BCUT2D eigenvalue weighted by Crippen LogP contribution is -2.42. The number of carboxylic acids is 1. The lowest BCUT2D eigenvalue weighted by Gasteiger charge is -2.32. The Morgan fingerprint density at radius 3 is 2.52 bits per heavy atom. The molecule has 1 N–H and O–H groups in total. The quantitative estimate of drug-likeness (QED) is 0.877. The Bertz CT molecular complexity index is 557. The van der Waals surface area contributed by atoms with Crippen molar-refractivity contribution in [2.24, 2.45) is 5.92 Å². The van der Waals surface area contributed by atoms with Crippen LogP contribution in [-0.2, 0) is 14.3 Å². The molecule has 2 heterocycles. The summed E-state index contributed by atoms with van der Waals surface area (Å²) in [4.78, 5) is 27.9. The van der Waals surface area contributed by atoms with Gasteiger partial charge in [0.25, 0.3) is 0 Å². The minimum Gasteiger partial charge on any atom is -0.481 e. The second kappa shape index (κ2) is 7.10. The third-order valence-electron chi connectivity index (χ3n) is 4.65. The normalized spacial score (nSPS) is 25.7. The molecule has 0 saturated carbocycles. The Kier molecular flexibility index (Phi) is 4.93. The van der Waals surface area contributed by atoms with Gasteiger partial charge in [0.1, 0.15) is 0 Å². The molecule has 2 saturated heterocycles. The van der Waals surface area contributed by atoms with Crippen molar-refractivity contribution in [3.63, 3.8) is 0 Å². The smallest absolute Gasteiger partial charge is 0.309 e. The highest BCUT2D eigenvalue weighted by Gasteiger charge is 2.44. The van der Waals surface area contributed by atoms with E-state index in [1.807, 2.05) is 30.3 Å². The van der Waals surface area contributed by atoms with Crippen molar-refractivity contribution >= 4 is 11.9 Å². The number of hydrogen-bond donors (Lipinski definition) is 1. The number of nitrogens with zero attached hydrogens (tertiary/aromatic N) is 2. The topological polar surface area (TPSA) is 70.1 Å². The van der Waals surface area contributed by atoms with Gasteiger partial charge in [0, 0.05) is 32.6 Å². The van der Waals surface area contributed by atoms with Crippen LogP contribution in [-0.4, -0.2) is 66.2 Å². The molecule has 0 aliphatic carbocycles. The van der Waals surface area contributed by atoms with E-state index in [1.54, 1.807) is 4.90 Å². The minimum absolute atomic E-state index is 0.0699. The first-order chi connectivity index (χ1) is 11.2. The van der Waals surface area contributed by atoms with E-state index in [0.717, 1.165) is 25.2 Å². The number of rotatable bonds is 5. The van der Waals surface area contributed by atoms with Crippen molar-refractivity contribution in [1.82, 2.24) is 9.80 Å². The fourth-order valence-corrected chi connectivity index (χ4v) is 3.41. The molecule has 2 aliphatic rings. The standard InChI is InChI=1S/C17H22N2O4/c20-15-12-14(17(21)22)16(13-4-2-1-3-5-13)19(15)7-6-18-8-10-23-11-9-18/h1-5,14,16H,6-12H2,(H,21,22)/t14-,16-/m0/s1. The summed E-state index contributed by atoms with van der Waals surface area (Å²) < 4.78 is 5.33. The fraction of sp³-hybridized carbons (Fsp3) is 0.529. The number of hydrogen-bond acceptors (Lipinski definition) is 4. The molecule has 1 aromatic rings. The van der Waals surface area contributed by atoms with Gasteiger partial charge in [-0.25, -0.2) is 0 Å². The van der Waals surface area contributed by atoms with E-state index in [2.05, 4.69) is 4.90 Å². The van der Waals surface area contributed by atoms with Gasteiger partial charge in [0.2, 0.25) is 5.91 Å². The Balaban J connectivity index is 1.75. The summed E-state index contributed by atoms with van der Waals surface area (Å²) >= 11 is 0. The largest absolute Gasteiger partial charge is 0.481 e. The maximum Gasteiger partial charge on any atom is 0.309 e. The van der Waals surface area contributed by atoms with E-state index < -0.39 is 11.9 Å². The number of carboxylic acid groups (broad SMARTS) is 1. The molecular weight excluding hydrogens is 296 g/mol. The van der Waals surface area contributed by atoms with Crippen molar-refractivity contribution < 1.29 is 19.4 Å². The SMILES string of the molecule is O=C(O)[C@H]1CC(=O)N(CCN2CCOCC2)[C@H]1c1ccccc1. The average molecular weight is 318 g/mol. The van der Waals surface area contributed by atoms with Gasteiger partial charge in [-0.05, 0) is 5.56 Å². The third kappa shape index (κ3) is 3.54. The molecule has 124 valence electrons. The van der Waals surface area contributed by atoms with E-state index in [1.165, 1.54) is 0 Å². The van der Waals surface area contributed by atoms with Gasteiger partial charge in [-0.3, -0.25) is 14.5 Å². The van der Waals surface area contributed by atoms with Crippen molar-refractivity contribution in [1.29, 1.82) is 0 Å². The number of benzene rings is 1. The van der Waals surface area contributed by atoms with Gasteiger partial charge < -0.3 is 14.7 Å². The molecule has 0 unspecified atom stereocenters. The first-order valence-corrected chi connectivity index (χ1v) is 8.04. The zero-order valence-corrected chi connectivity index (χ0v) is 13.1. The maximum atomic E-state index is 12.4. The molecule has 2 fully saturated rings. The van der Waals surface area contributed by atoms with Crippen LogP contribution < -0.4 is 0 Å². The van der Waals surface area contributed by atoms with Crippen LogP contribution in [0.2, 0.25) is 0 Å². The summed E-state index contributed by atoms with van der Waals surface area (Å²) in [5, 5.41) is 9.49. The molecule has 23 heavy (non-hydrogen) atoms. The van der Waals surface area contributed by atoms with Gasteiger partial charge in [0.15, 0.2) is 0 Å². The van der Waals surface area contributed by atoms with Gasteiger partial charge in [0.05, 0.1) is 25.2 Å². The molecule has 1 aromatic carbocycles. The summed E-state index contributed by atoms with van der Waals surface area (Å²) in [6, 6.07) is 9.10. The minimum atomic E-state index is -0.902. The third-order valence-corrected chi connectivity index (χ3v) is 4.65. The Morgan fingerprint density at radius 1 is 1.17 bits per heavy atom. The van der Waals surface area contributed by atoms with Crippen LogP contribution in [0.25, 0.3) is 0 Å². The summed E-state index contributed by atoms with van der Waals surface area (Å²) in [5.41, 5.74) is 0.896. The first kappa shape index (κ1) is 16.0. The number of likely N-dealkylation sites (tertiary alicyclic amines) is 1. The predicted molar refractivity (Wildman–Crippen MR) is 83.9 cm³/mol. The van der Waals surface area contributed by atoms with E-state index in [-0.39, 0.29) is 18.4 Å². The molecule has 3 rings (SSSR count). The summed E-state index contributed by atoms with van der Waals surface area (Å²) in [6.45, 7) is 4.47. The monoisotopic (exact) mass is 318 g/mol. The summed E-state index contributed by atoms with van der Waals surface area (Å²) in [5.74, 6) is -1.64. The van der Waals surface area contributed by atoms with Gasteiger partial charge in [-0.15, -0.1) is 0 Å². The second-order valence-corrected chi connectivity index (χ2v) is 6.05. The molecular formula is C17H22N2O4. The number of morpholine rings is 1. The van der Waals surface area contributed by atoms with Crippen molar-refractivity contribution in [3.8, 4) is 0 Å². The van der Waals surface area contributed by atoms with Gasteiger partial charge >= 0.3 is 5.97 Å². The second-order valence-electron chi connectivity index (χ2n) is 6.05. The van der Waals surface area contributed by atoms with Crippen LogP contribution in [0.4, 0.5) is 0 Å². The lowest BCUT2D eigenvalue weighted by molar-refractivity contribution is -0.142. The summed E-state index contributed by atoms with van der Waals surface area (Å²) in [7, 11) is 0. The number of aliphatic carboxylic acids is 1. The maximum absolute atomic E-state index is 12.4. The van der Waals surface area contributed by atoms with Crippen molar-refractivity contribution in [2.45, 2.75) is 12.5 Å². The number of ether oxygens (including phenoxy) is 1. The van der Waals surface area contributed by atoms with Crippen LogP contribution in [0.1, 0.15) is 18.0 Å². The number of carbonyl (C=O) groups is 2. The molecule has 6 nitrogen and oxygen atoms in total.